The zero-order chi connectivity index (χ0) is 15.4. The van der Waals surface area contributed by atoms with Gasteiger partial charge in [-0.1, -0.05) is 6.07 Å². The molecule has 0 atom stereocenters. The van der Waals surface area contributed by atoms with Gasteiger partial charge in [0, 0.05) is 11.1 Å². The molecule has 0 aliphatic carbocycles. The van der Waals surface area contributed by atoms with Crippen LogP contribution >= 0.6 is 15.9 Å². The predicted octanol–water partition coefficient (Wildman–Crippen LogP) is 3.08. The van der Waals surface area contributed by atoms with E-state index in [1.807, 2.05) is 24.5 Å². The maximum Gasteiger partial charge on any atom is 0.265 e. The molecule has 0 saturated carbocycles. The van der Waals surface area contributed by atoms with Crippen molar-refractivity contribution in [1.29, 1.82) is 0 Å². The first-order chi connectivity index (χ1) is 10.0. The fraction of sp³-hybridized carbons (Fsp3) is 0.133. The summed E-state index contributed by atoms with van der Waals surface area (Å²) in [6, 6.07) is 9.60. The van der Waals surface area contributed by atoms with Gasteiger partial charge in [0.25, 0.3) is 5.91 Å². The maximum atomic E-state index is 13.7. The summed E-state index contributed by atoms with van der Waals surface area (Å²) < 4.78 is 20.1. The molecular weight excluding hydrogens is 339 g/mol. The van der Waals surface area contributed by atoms with Crippen LogP contribution in [0, 0.1) is 12.7 Å². The van der Waals surface area contributed by atoms with Gasteiger partial charge in [0.1, 0.15) is 18.2 Å². The van der Waals surface area contributed by atoms with Crippen LogP contribution in [0.25, 0.3) is 0 Å². The summed E-state index contributed by atoms with van der Waals surface area (Å²) >= 11 is 3.39. The Kier molecular flexibility index (Phi) is 4.93. The lowest BCUT2D eigenvalue weighted by atomic mass is 10.1. The molecule has 0 radical (unpaired) electrons. The number of carbonyl (C=O) groups is 1. The number of carbonyl (C=O) groups excluding carboxylic acids is 1. The van der Waals surface area contributed by atoms with Gasteiger partial charge in [-0.25, -0.2) is 10.2 Å². The number of rotatable bonds is 4. The number of ether oxygens (including phenoxy) is 1. The molecule has 4 nitrogen and oxygen atoms in total. The highest BCUT2D eigenvalue weighted by molar-refractivity contribution is 9.10. The molecule has 3 N–H and O–H groups in total. The average molecular weight is 353 g/mol. The fourth-order valence-corrected chi connectivity index (χ4v) is 2.40. The summed E-state index contributed by atoms with van der Waals surface area (Å²) in [5.74, 6) is 4.75. The molecule has 2 rings (SSSR count). The van der Waals surface area contributed by atoms with Gasteiger partial charge in [-0.05, 0) is 58.7 Å². The van der Waals surface area contributed by atoms with Crippen LogP contribution in [0.15, 0.2) is 40.9 Å². The third kappa shape index (κ3) is 3.80. The van der Waals surface area contributed by atoms with Gasteiger partial charge < -0.3 is 4.74 Å². The number of nitrogens with one attached hydrogen (secondary N) is 1. The third-order valence-corrected chi connectivity index (χ3v) is 3.53. The van der Waals surface area contributed by atoms with Crippen molar-refractivity contribution in [3.8, 4) is 5.75 Å². The van der Waals surface area contributed by atoms with E-state index < -0.39 is 11.7 Å². The minimum absolute atomic E-state index is 0.0131. The second-order valence-corrected chi connectivity index (χ2v) is 5.36. The average Bonchev–Trinajstić information content (AvgIpc) is 2.47. The summed E-state index contributed by atoms with van der Waals surface area (Å²) in [6.07, 6.45) is 0. The van der Waals surface area contributed by atoms with E-state index in [0.29, 0.717) is 5.75 Å². The molecule has 1 amide bonds. The van der Waals surface area contributed by atoms with Gasteiger partial charge in [-0.3, -0.25) is 10.2 Å². The van der Waals surface area contributed by atoms with E-state index in [2.05, 4.69) is 15.9 Å². The first-order valence-electron chi connectivity index (χ1n) is 6.19. The Morgan fingerprint density at radius 2 is 2.10 bits per heavy atom. The number of hydrogen-bond acceptors (Lipinski definition) is 3. The first kappa shape index (κ1) is 15.5. The van der Waals surface area contributed by atoms with E-state index >= 15 is 0 Å². The molecule has 6 heteroatoms. The van der Waals surface area contributed by atoms with Crippen LogP contribution in [0.1, 0.15) is 21.5 Å². The van der Waals surface area contributed by atoms with Gasteiger partial charge in [-0.15, -0.1) is 0 Å². The van der Waals surface area contributed by atoms with E-state index in [0.717, 1.165) is 10.0 Å². The van der Waals surface area contributed by atoms with Crippen LogP contribution in [-0.4, -0.2) is 5.91 Å². The Hall–Kier alpha value is -1.92. The number of aryl methyl sites for hydroxylation is 1. The normalized spacial score (nSPS) is 10.3. The molecule has 2 aromatic rings. The minimum atomic E-state index is -0.479. The van der Waals surface area contributed by atoms with E-state index in [-0.39, 0.29) is 17.7 Å². The first-order valence-corrected chi connectivity index (χ1v) is 6.99. The summed E-state index contributed by atoms with van der Waals surface area (Å²) in [7, 11) is 0. The second kappa shape index (κ2) is 6.69. The Morgan fingerprint density at radius 3 is 2.76 bits per heavy atom. The summed E-state index contributed by atoms with van der Waals surface area (Å²) in [5, 5.41) is 0. The lowest BCUT2D eigenvalue weighted by molar-refractivity contribution is 0.0953. The molecule has 0 fully saturated rings. The van der Waals surface area contributed by atoms with Crippen LogP contribution in [-0.2, 0) is 6.61 Å². The number of hydrogen-bond donors (Lipinski definition) is 2. The standard InChI is InChI=1S/C15H14BrFN2O2/c1-9-2-5-14(12(16)6-9)21-8-11-7-10(15(20)19-18)3-4-13(11)17/h2-7H,8,18H2,1H3,(H,19,20). The van der Waals surface area contributed by atoms with Crippen LogP contribution in [0.2, 0.25) is 0 Å². The predicted molar refractivity (Wildman–Crippen MR) is 81.3 cm³/mol. The molecule has 0 aromatic heterocycles. The molecule has 2 aromatic carbocycles. The number of benzene rings is 2. The fourth-order valence-electron chi connectivity index (χ4n) is 1.79. The topological polar surface area (TPSA) is 64.3 Å². The van der Waals surface area contributed by atoms with E-state index in [1.54, 1.807) is 6.07 Å². The largest absolute Gasteiger partial charge is 0.488 e. The molecule has 0 heterocycles. The monoisotopic (exact) mass is 352 g/mol. The van der Waals surface area contributed by atoms with E-state index in [9.17, 15) is 9.18 Å². The Morgan fingerprint density at radius 1 is 1.33 bits per heavy atom. The van der Waals surface area contributed by atoms with Gasteiger partial charge >= 0.3 is 0 Å². The molecule has 110 valence electrons. The molecule has 0 aliphatic heterocycles. The minimum Gasteiger partial charge on any atom is -0.488 e. The van der Waals surface area contributed by atoms with Crippen molar-refractivity contribution in [1.82, 2.24) is 5.43 Å². The molecule has 0 bridgehead atoms. The highest BCUT2D eigenvalue weighted by Crippen LogP contribution is 2.27. The number of nitrogens with two attached hydrogens (primary N) is 1. The Labute approximate surface area is 130 Å². The zero-order valence-electron chi connectivity index (χ0n) is 11.3. The number of amides is 1. The number of hydrazine groups is 1. The van der Waals surface area contributed by atoms with Crippen molar-refractivity contribution in [3.05, 3.63) is 63.4 Å². The van der Waals surface area contributed by atoms with Crippen molar-refractivity contribution in [3.63, 3.8) is 0 Å². The van der Waals surface area contributed by atoms with Crippen molar-refractivity contribution >= 4 is 21.8 Å². The summed E-state index contributed by atoms with van der Waals surface area (Å²) in [6.45, 7) is 1.97. The van der Waals surface area contributed by atoms with Crippen molar-refractivity contribution in [2.45, 2.75) is 13.5 Å². The SMILES string of the molecule is Cc1ccc(OCc2cc(C(=O)NN)ccc2F)c(Br)c1. The summed E-state index contributed by atoms with van der Waals surface area (Å²) in [4.78, 5) is 11.4. The van der Waals surface area contributed by atoms with Crippen molar-refractivity contribution < 1.29 is 13.9 Å². The second-order valence-electron chi connectivity index (χ2n) is 4.50. The molecule has 0 spiro atoms. The van der Waals surface area contributed by atoms with Crippen LogP contribution in [0.5, 0.6) is 5.75 Å². The van der Waals surface area contributed by atoms with E-state index in [4.69, 9.17) is 10.6 Å². The molecular formula is C15H14BrFN2O2. The lowest BCUT2D eigenvalue weighted by Gasteiger charge is -2.10. The molecule has 21 heavy (non-hydrogen) atoms. The highest BCUT2D eigenvalue weighted by Gasteiger charge is 2.10. The van der Waals surface area contributed by atoms with Gasteiger partial charge in [-0.2, -0.15) is 0 Å². The number of nitrogen functional groups attached to an aromatic ring is 1. The number of halogens is 2. The zero-order valence-corrected chi connectivity index (χ0v) is 12.9. The van der Waals surface area contributed by atoms with Crippen LogP contribution in [0.3, 0.4) is 0 Å². The lowest BCUT2D eigenvalue weighted by Crippen LogP contribution is -2.30. The molecule has 0 saturated heterocycles. The smallest absolute Gasteiger partial charge is 0.265 e. The van der Waals surface area contributed by atoms with Gasteiger partial charge in [0.15, 0.2) is 0 Å². The Balaban J connectivity index is 2.17. The summed E-state index contributed by atoms with van der Waals surface area (Å²) in [5.41, 5.74) is 3.65. The van der Waals surface area contributed by atoms with Crippen molar-refractivity contribution in [2.75, 3.05) is 0 Å². The van der Waals surface area contributed by atoms with Crippen LogP contribution < -0.4 is 16.0 Å². The van der Waals surface area contributed by atoms with Crippen molar-refractivity contribution in [2.24, 2.45) is 5.84 Å². The molecule has 0 aliphatic rings. The van der Waals surface area contributed by atoms with Crippen LogP contribution in [0.4, 0.5) is 4.39 Å². The quantitative estimate of drug-likeness (QED) is 0.504. The molecule has 0 unspecified atom stereocenters. The Bertz CT molecular complexity index is 677. The third-order valence-electron chi connectivity index (χ3n) is 2.91. The highest BCUT2D eigenvalue weighted by atomic mass is 79.9. The van der Waals surface area contributed by atoms with Gasteiger partial charge in [0.2, 0.25) is 0 Å². The maximum absolute atomic E-state index is 13.7. The van der Waals surface area contributed by atoms with E-state index in [1.165, 1.54) is 18.2 Å². The van der Waals surface area contributed by atoms with Gasteiger partial charge in [0.05, 0.1) is 4.47 Å².